The smallest absolute Gasteiger partial charge is 0.338 e. The molecule has 1 unspecified atom stereocenters. The number of carbonyl (C=O) groups is 1. The molecule has 0 radical (unpaired) electrons. The molecule has 2 aromatic heterocycles. The van der Waals surface area contributed by atoms with Crippen LogP contribution in [0.1, 0.15) is 44.1 Å². The van der Waals surface area contributed by atoms with E-state index in [-0.39, 0.29) is 12.2 Å². The Kier molecular flexibility index (Phi) is 8.89. The van der Waals surface area contributed by atoms with Gasteiger partial charge < -0.3 is 13.9 Å². The van der Waals surface area contributed by atoms with Gasteiger partial charge in [-0.05, 0) is 77.3 Å². The molecule has 1 atom stereocenters. The zero-order valence-corrected chi connectivity index (χ0v) is 26.3. The Morgan fingerprint density at radius 1 is 1.15 bits per heavy atom. The summed E-state index contributed by atoms with van der Waals surface area (Å²) in [5.74, 6) is 1.20. The Morgan fingerprint density at radius 2 is 1.95 bits per heavy atom. The van der Waals surface area contributed by atoms with Crippen molar-refractivity contribution < 1.29 is 18.7 Å². The van der Waals surface area contributed by atoms with E-state index in [9.17, 15) is 9.59 Å². The van der Waals surface area contributed by atoms with Crippen LogP contribution in [-0.4, -0.2) is 24.3 Å². The van der Waals surface area contributed by atoms with Crippen LogP contribution in [0.5, 0.6) is 5.75 Å². The summed E-state index contributed by atoms with van der Waals surface area (Å²) in [6.45, 7) is 3.97. The number of furan rings is 1. The number of halogens is 3. The lowest BCUT2D eigenvalue weighted by Gasteiger charge is -2.26. The van der Waals surface area contributed by atoms with Crippen LogP contribution in [-0.2, 0) is 9.53 Å². The van der Waals surface area contributed by atoms with Crippen molar-refractivity contribution in [3.8, 4) is 17.1 Å². The Labute approximate surface area is 258 Å². The van der Waals surface area contributed by atoms with E-state index in [2.05, 4.69) is 15.9 Å². The van der Waals surface area contributed by atoms with E-state index in [0.29, 0.717) is 58.8 Å². The number of hydrogen-bond donors (Lipinski definition) is 0. The number of rotatable bonds is 8. The first kappa shape index (κ1) is 29.4. The minimum atomic E-state index is -0.737. The molecule has 212 valence electrons. The third kappa shape index (κ3) is 5.81. The summed E-state index contributed by atoms with van der Waals surface area (Å²) in [5, 5.41) is 0.868. The van der Waals surface area contributed by atoms with E-state index < -0.39 is 12.0 Å². The topological polar surface area (TPSA) is 83.0 Å². The van der Waals surface area contributed by atoms with E-state index in [0.717, 1.165) is 17.5 Å². The molecule has 0 bridgehead atoms. The molecule has 0 fully saturated rings. The Bertz CT molecular complexity index is 1860. The van der Waals surface area contributed by atoms with Crippen LogP contribution in [0.3, 0.4) is 0 Å². The molecule has 5 rings (SSSR count). The minimum Gasteiger partial charge on any atom is -0.496 e. The number of allylic oxidation sites excluding steroid dienone is 1. The fourth-order valence-corrected chi connectivity index (χ4v) is 6.51. The maximum atomic E-state index is 14.0. The standard InChI is InChI=1S/C30H25BrCl2N2O5S/c1-4-6-22-26(29(37)39-5-2)27(17-8-11-24(38-3)19(31)13-17)35-28(36)25(41-30(35)34-22)15-18-9-12-23(40-18)16-7-10-20(32)21(33)14-16/h7-15,27H,4-6H2,1-3H3/b25-15-. The fraction of sp³-hybridized carbons (Fsp3) is 0.233. The lowest BCUT2D eigenvalue weighted by molar-refractivity contribution is -0.139. The second-order valence-electron chi connectivity index (χ2n) is 9.14. The number of esters is 1. The van der Waals surface area contributed by atoms with Crippen LogP contribution in [0, 0.1) is 0 Å². The molecule has 0 saturated heterocycles. The molecule has 1 aliphatic heterocycles. The van der Waals surface area contributed by atoms with Crippen molar-refractivity contribution in [2.75, 3.05) is 13.7 Å². The van der Waals surface area contributed by atoms with Gasteiger partial charge >= 0.3 is 5.97 Å². The molecule has 1 aliphatic rings. The van der Waals surface area contributed by atoms with E-state index in [4.69, 9.17) is 42.1 Å². The first-order chi connectivity index (χ1) is 19.7. The van der Waals surface area contributed by atoms with Crippen molar-refractivity contribution in [2.45, 2.75) is 32.7 Å². The van der Waals surface area contributed by atoms with Crippen LogP contribution < -0.4 is 19.6 Å². The number of benzene rings is 2. The van der Waals surface area contributed by atoms with Crippen molar-refractivity contribution in [1.82, 2.24) is 4.57 Å². The highest BCUT2D eigenvalue weighted by atomic mass is 79.9. The van der Waals surface area contributed by atoms with Gasteiger partial charge in [-0.15, -0.1) is 0 Å². The van der Waals surface area contributed by atoms with E-state index in [1.807, 2.05) is 25.1 Å². The summed E-state index contributed by atoms with van der Waals surface area (Å²) in [6.07, 6.45) is 3.00. The van der Waals surface area contributed by atoms with Crippen LogP contribution in [0.25, 0.3) is 17.4 Å². The molecule has 7 nitrogen and oxygen atoms in total. The normalized spacial score (nSPS) is 15.1. The molecule has 0 aliphatic carbocycles. The highest BCUT2D eigenvalue weighted by molar-refractivity contribution is 9.10. The highest BCUT2D eigenvalue weighted by Crippen LogP contribution is 2.36. The number of nitrogens with zero attached hydrogens (tertiary/aromatic N) is 2. The number of hydrogen-bond acceptors (Lipinski definition) is 7. The van der Waals surface area contributed by atoms with Crippen molar-refractivity contribution in [1.29, 1.82) is 0 Å². The minimum absolute atomic E-state index is 0.199. The first-order valence-corrected chi connectivity index (χ1v) is 15.2. The monoisotopic (exact) mass is 674 g/mol. The van der Waals surface area contributed by atoms with Crippen molar-refractivity contribution in [2.24, 2.45) is 4.99 Å². The summed E-state index contributed by atoms with van der Waals surface area (Å²) in [5.41, 5.74) is 2.14. The van der Waals surface area contributed by atoms with Gasteiger partial charge in [0.25, 0.3) is 5.56 Å². The lowest BCUT2D eigenvalue weighted by Crippen LogP contribution is -2.40. The van der Waals surface area contributed by atoms with Crippen molar-refractivity contribution in [3.05, 3.63) is 105 Å². The second-order valence-corrected chi connectivity index (χ2v) is 11.8. The summed E-state index contributed by atoms with van der Waals surface area (Å²) >= 11 is 17.0. The number of carbonyl (C=O) groups excluding carboxylic acids is 1. The van der Waals surface area contributed by atoms with Gasteiger partial charge in [-0.25, -0.2) is 9.79 Å². The quantitative estimate of drug-likeness (QED) is 0.190. The van der Waals surface area contributed by atoms with E-state index in [1.54, 1.807) is 55.0 Å². The van der Waals surface area contributed by atoms with Gasteiger partial charge in [-0.3, -0.25) is 9.36 Å². The summed E-state index contributed by atoms with van der Waals surface area (Å²) in [6, 6.07) is 13.6. The maximum Gasteiger partial charge on any atom is 0.338 e. The lowest BCUT2D eigenvalue weighted by atomic mass is 9.94. The summed E-state index contributed by atoms with van der Waals surface area (Å²) < 4.78 is 19.6. The predicted octanol–water partition coefficient (Wildman–Crippen LogP) is 6.92. The average Bonchev–Trinajstić information content (AvgIpc) is 3.54. The molecule has 0 saturated carbocycles. The number of fused-ring (bicyclic) bond motifs is 1. The van der Waals surface area contributed by atoms with E-state index in [1.165, 1.54) is 11.3 Å². The van der Waals surface area contributed by atoms with Crippen LogP contribution in [0.15, 0.2) is 78.5 Å². The van der Waals surface area contributed by atoms with E-state index >= 15 is 0 Å². The SMILES string of the molecule is CCCC1=C(C(=O)OCC)C(c2ccc(OC)c(Br)c2)n2c(s/c(=C\c3ccc(-c4ccc(Cl)c(Cl)c4)o3)c2=O)=N1. The second kappa shape index (κ2) is 12.4. The van der Waals surface area contributed by atoms with Crippen molar-refractivity contribution >= 4 is 62.5 Å². The Balaban J connectivity index is 1.67. The van der Waals surface area contributed by atoms with Gasteiger partial charge in [-0.1, -0.05) is 53.9 Å². The number of aromatic nitrogens is 1. The third-order valence-corrected chi connectivity index (χ3v) is 8.83. The van der Waals surface area contributed by atoms with Gasteiger partial charge in [0.05, 0.1) is 50.1 Å². The number of methoxy groups -OCH3 is 1. The molecular formula is C30H25BrCl2N2O5S. The Hall–Kier alpha value is -3.11. The van der Waals surface area contributed by atoms with Gasteiger partial charge in [0.15, 0.2) is 4.80 Å². The Morgan fingerprint density at radius 3 is 2.63 bits per heavy atom. The predicted molar refractivity (Wildman–Crippen MR) is 164 cm³/mol. The van der Waals surface area contributed by atoms with Crippen LogP contribution >= 0.6 is 50.5 Å². The van der Waals surface area contributed by atoms with Gasteiger partial charge in [0.1, 0.15) is 17.3 Å². The molecular weight excluding hydrogens is 651 g/mol. The van der Waals surface area contributed by atoms with Gasteiger partial charge in [0, 0.05) is 11.6 Å². The van der Waals surface area contributed by atoms with Gasteiger partial charge in [0.2, 0.25) is 0 Å². The molecule has 0 N–H and O–H groups in total. The number of ether oxygens (including phenoxy) is 2. The summed E-state index contributed by atoms with van der Waals surface area (Å²) in [7, 11) is 1.58. The third-order valence-electron chi connectivity index (χ3n) is 6.49. The fourth-order valence-electron chi connectivity index (χ4n) is 4.65. The van der Waals surface area contributed by atoms with Crippen LogP contribution in [0.4, 0.5) is 0 Å². The zero-order valence-electron chi connectivity index (χ0n) is 22.4. The molecule has 11 heteroatoms. The maximum absolute atomic E-state index is 14.0. The van der Waals surface area contributed by atoms with Crippen molar-refractivity contribution in [3.63, 3.8) is 0 Å². The largest absolute Gasteiger partial charge is 0.496 e. The summed E-state index contributed by atoms with van der Waals surface area (Å²) in [4.78, 5) is 32.6. The first-order valence-electron chi connectivity index (χ1n) is 12.9. The molecule has 0 spiro atoms. The van der Waals surface area contributed by atoms with Crippen LogP contribution in [0.2, 0.25) is 10.0 Å². The number of thiazole rings is 1. The molecule has 4 aromatic rings. The molecule has 3 heterocycles. The zero-order chi connectivity index (χ0) is 29.3. The average molecular weight is 676 g/mol. The van der Waals surface area contributed by atoms with Gasteiger partial charge in [-0.2, -0.15) is 0 Å². The highest BCUT2D eigenvalue weighted by Gasteiger charge is 2.34. The molecule has 0 amide bonds. The molecule has 2 aromatic carbocycles. The molecule has 41 heavy (non-hydrogen) atoms.